The number of carbonyl (C=O) groups excluding carboxylic acids is 1. The van der Waals surface area contributed by atoms with E-state index in [1.165, 1.54) is 0 Å². The van der Waals surface area contributed by atoms with Crippen LogP contribution in [0, 0.1) is 6.92 Å². The van der Waals surface area contributed by atoms with Crippen molar-refractivity contribution in [2.45, 2.75) is 19.4 Å². The Labute approximate surface area is 93.8 Å². The largest absolute Gasteiger partial charge is 0.326 e. The van der Waals surface area contributed by atoms with Gasteiger partial charge in [-0.05, 0) is 24.6 Å². The summed E-state index contributed by atoms with van der Waals surface area (Å²) in [5, 5.41) is 0.609. The van der Waals surface area contributed by atoms with E-state index >= 15 is 0 Å². The molecule has 0 aliphatic carbocycles. The molecule has 1 aromatic carbocycles. The van der Waals surface area contributed by atoms with E-state index < -0.39 is 0 Å². The van der Waals surface area contributed by atoms with Crippen LogP contribution in [0.3, 0.4) is 0 Å². The number of benzene rings is 1. The molecule has 1 saturated heterocycles. The van der Waals surface area contributed by atoms with Crippen LogP contribution in [-0.4, -0.2) is 18.5 Å². The SMILES string of the molecule is Cc1ccc(N2CC(N)CC2=O)c(Cl)c1. The fraction of sp³-hybridized carbons (Fsp3) is 0.364. The molecule has 0 spiro atoms. The Balaban J connectivity index is 2.34. The summed E-state index contributed by atoms with van der Waals surface area (Å²) in [6, 6.07) is 5.59. The number of amides is 1. The maximum absolute atomic E-state index is 11.6. The zero-order valence-corrected chi connectivity index (χ0v) is 9.29. The van der Waals surface area contributed by atoms with E-state index in [0.29, 0.717) is 18.0 Å². The van der Waals surface area contributed by atoms with Crippen molar-refractivity contribution < 1.29 is 4.79 Å². The Morgan fingerprint density at radius 3 is 2.80 bits per heavy atom. The minimum atomic E-state index is -0.0742. The van der Waals surface area contributed by atoms with Crippen molar-refractivity contribution in [3.05, 3.63) is 28.8 Å². The van der Waals surface area contributed by atoms with Gasteiger partial charge in [-0.2, -0.15) is 0 Å². The first-order valence-corrected chi connectivity index (χ1v) is 5.28. The maximum atomic E-state index is 11.6. The van der Waals surface area contributed by atoms with Crippen molar-refractivity contribution in [3.8, 4) is 0 Å². The van der Waals surface area contributed by atoms with E-state index in [1.54, 1.807) is 4.90 Å². The van der Waals surface area contributed by atoms with Crippen molar-refractivity contribution >= 4 is 23.2 Å². The highest BCUT2D eigenvalue weighted by molar-refractivity contribution is 6.34. The molecular formula is C11H13ClN2O. The van der Waals surface area contributed by atoms with Gasteiger partial charge in [0.1, 0.15) is 0 Å². The molecule has 1 atom stereocenters. The zero-order chi connectivity index (χ0) is 11.0. The molecule has 15 heavy (non-hydrogen) atoms. The second kappa shape index (κ2) is 3.83. The normalized spacial score (nSPS) is 21.1. The number of nitrogens with zero attached hydrogens (tertiary/aromatic N) is 1. The van der Waals surface area contributed by atoms with Crippen LogP contribution in [0.5, 0.6) is 0 Å². The van der Waals surface area contributed by atoms with Crippen LogP contribution < -0.4 is 10.6 Å². The van der Waals surface area contributed by atoms with E-state index in [4.69, 9.17) is 17.3 Å². The van der Waals surface area contributed by atoms with Crippen LogP contribution in [0.15, 0.2) is 18.2 Å². The predicted octanol–water partition coefficient (Wildman–Crippen LogP) is 1.71. The van der Waals surface area contributed by atoms with Gasteiger partial charge in [-0.1, -0.05) is 17.7 Å². The quantitative estimate of drug-likeness (QED) is 0.790. The summed E-state index contributed by atoms with van der Waals surface area (Å²) in [4.78, 5) is 13.3. The van der Waals surface area contributed by atoms with Crippen molar-refractivity contribution in [2.75, 3.05) is 11.4 Å². The number of rotatable bonds is 1. The minimum Gasteiger partial charge on any atom is -0.326 e. The first-order valence-electron chi connectivity index (χ1n) is 4.90. The molecular weight excluding hydrogens is 212 g/mol. The highest BCUT2D eigenvalue weighted by atomic mass is 35.5. The van der Waals surface area contributed by atoms with Crippen LogP contribution in [0.1, 0.15) is 12.0 Å². The lowest BCUT2D eigenvalue weighted by atomic mass is 10.2. The second-order valence-electron chi connectivity index (χ2n) is 3.92. The third-order valence-corrected chi connectivity index (χ3v) is 2.85. The Morgan fingerprint density at radius 2 is 2.27 bits per heavy atom. The number of hydrogen-bond acceptors (Lipinski definition) is 2. The van der Waals surface area contributed by atoms with Gasteiger partial charge in [-0.15, -0.1) is 0 Å². The Morgan fingerprint density at radius 1 is 1.53 bits per heavy atom. The molecule has 0 aromatic heterocycles. The van der Waals surface area contributed by atoms with Crippen LogP contribution >= 0.6 is 11.6 Å². The van der Waals surface area contributed by atoms with Crippen molar-refractivity contribution in [1.29, 1.82) is 0 Å². The van der Waals surface area contributed by atoms with Gasteiger partial charge in [-0.25, -0.2) is 0 Å². The highest BCUT2D eigenvalue weighted by Gasteiger charge is 2.29. The fourth-order valence-electron chi connectivity index (χ4n) is 1.80. The van der Waals surface area contributed by atoms with Gasteiger partial charge in [0.05, 0.1) is 10.7 Å². The molecule has 1 aliphatic heterocycles. The third kappa shape index (κ3) is 1.98. The average Bonchev–Trinajstić information content (AvgIpc) is 2.45. The molecule has 1 unspecified atom stereocenters. The number of anilines is 1. The molecule has 2 N–H and O–H groups in total. The van der Waals surface area contributed by atoms with E-state index in [-0.39, 0.29) is 11.9 Å². The zero-order valence-electron chi connectivity index (χ0n) is 8.53. The molecule has 3 nitrogen and oxygen atoms in total. The lowest BCUT2D eigenvalue weighted by molar-refractivity contribution is -0.117. The van der Waals surface area contributed by atoms with Gasteiger partial charge in [0.2, 0.25) is 5.91 Å². The number of carbonyl (C=O) groups is 1. The summed E-state index contributed by atoms with van der Waals surface area (Å²) < 4.78 is 0. The molecule has 4 heteroatoms. The van der Waals surface area contributed by atoms with E-state index in [1.807, 2.05) is 25.1 Å². The van der Waals surface area contributed by atoms with Crippen LogP contribution in [0.25, 0.3) is 0 Å². The number of hydrogen-bond donors (Lipinski definition) is 1. The lowest BCUT2D eigenvalue weighted by Crippen LogP contribution is -2.28. The summed E-state index contributed by atoms with van der Waals surface area (Å²) in [6.45, 7) is 2.52. The Bertz CT molecular complexity index is 406. The second-order valence-corrected chi connectivity index (χ2v) is 4.33. The van der Waals surface area contributed by atoms with Crippen molar-refractivity contribution in [1.82, 2.24) is 0 Å². The Kier molecular flexibility index (Phi) is 2.67. The van der Waals surface area contributed by atoms with Gasteiger partial charge in [-0.3, -0.25) is 4.79 Å². The smallest absolute Gasteiger partial charge is 0.228 e. The molecule has 80 valence electrons. The Hall–Kier alpha value is -1.06. The van der Waals surface area contributed by atoms with Gasteiger partial charge in [0.25, 0.3) is 0 Å². The van der Waals surface area contributed by atoms with Crippen LogP contribution in [0.4, 0.5) is 5.69 Å². The van der Waals surface area contributed by atoms with Crippen LogP contribution in [-0.2, 0) is 4.79 Å². The molecule has 1 heterocycles. The standard InChI is InChI=1S/C11H13ClN2O/c1-7-2-3-10(9(12)4-7)14-6-8(13)5-11(14)15/h2-4,8H,5-6,13H2,1H3. The molecule has 0 radical (unpaired) electrons. The van der Waals surface area contributed by atoms with Gasteiger partial charge in [0, 0.05) is 19.0 Å². The first-order chi connectivity index (χ1) is 7.08. The fourth-order valence-corrected chi connectivity index (χ4v) is 2.14. The molecule has 0 saturated carbocycles. The summed E-state index contributed by atoms with van der Waals surface area (Å²) in [6.07, 6.45) is 0.407. The van der Waals surface area contributed by atoms with E-state index in [0.717, 1.165) is 11.3 Å². The monoisotopic (exact) mass is 224 g/mol. The van der Waals surface area contributed by atoms with Crippen LogP contribution in [0.2, 0.25) is 5.02 Å². The van der Waals surface area contributed by atoms with Gasteiger partial charge >= 0.3 is 0 Å². The topological polar surface area (TPSA) is 46.3 Å². The summed E-state index contributed by atoms with van der Waals surface area (Å²) >= 11 is 6.09. The van der Waals surface area contributed by atoms with Crippen molar-refractivity contribution in [2.24, 2.45) is 5.73 Å². The molecule has 1 aliphatic rings. The molecule has 0 bridgehead atoms. The number of nitrogens with two attached hydrogens (primary N) is 1. The number of aryl methyl sites for hydroxylation is 1. The molecule has 2 rings (SSSR count). The van der Waals surface area contributed by atoms with Gasteiger partial charge in [0.15, 0.2) is 0 Å². The first kappa shape index (κ1) is 10.5. The molecule has 1 amide bonds. The maximum Gasteiger partial charge on any atom is 0.228 e. The molecule has 1 fully saturated rings. The van der Waals surface area contributed by atoms with E-state index in [2.05, 4.69) is 0 Å². The van der Waals surface area contributed by atoms with Crippen molar-refractivity contribution in [3.63, 3.8) is 0 Å². The predicted molar refractivity (Wildman–Crippen MR) is 61.1 cm³/mol. The number of halogens is 1. The summed E-state index contributed by atoms with van der Waals surface area (Å²) in [5.74, 6) is 0.0493. The highest BCUT2D eigenvalue weighted by Crippen LogP contribution is 2.29. The minimum absolute atomic E-state index is 0.0493. The lowest BCUT2D eigenvalue weighted by Gasteiger charge is -2.17. The third-order valence-electron chi connectivity index (χ3n) is 2.55. The summed E-state index contributed by atoms with van der Waals surface area (Å²) in [7, 11) is 0. The van der Waals surface area contributed by atoms with E-state index in [9.17, 15) is 4.79 Å². The van der Waals surface area contributed by atoms with Gasteiger partial charge < -0.3 is 10.6 Å². The summed E-state index contributed by atoms with van der Waals surface area (Å²) in [5.41, 5.74) is 7.57. The average molecular weight is 225 g/mol. The molecule has 1 aromatic rings.